The number of nitrogens with zero attached hydrogens (tertiary/aromatic N) is 2. The highest BCUT2D eigenvalue weighted by Crippen LogP contribution is 2.40. The summed E-state index contributed by atoms with van der Waals surface area (Å²) in [7, 11) is 0. The molecule has 0 radical (unpaired) electrons. The van der Waals surface area contributed by atoms with E-state index in [9.17, 15) is 4.79 Å². The first kappa shape index (κ1) is 22.9. The zero-order valence-electron chi connectivity index (χ0n) is 19.4. The van der Waals surface area contributed by atoms with Crippen LogP contribution in [0.1, 0.15) is 32.1 Å². The molecule has 0 unspecified atom stereocenters. The third kappa shape index (κ3) is 5.26. The van der Waals surface area contributed by atoms with Crippen LogP contribution >= 0.6 is 11.3 Å². The summed E-state index contributed by atoms with van der Waals surface area (Å²) in [6.45, 7) is 5.19. The fourth-order valence-electron chi connectivity index (χ4n) is 5.23. The van der Waals surface area contributed by atoms with Crippen LogP contribution in [0, 0.1) is 0 Å². The number of unbranched alkanes of at least 4 members (excludes halogenated alkanes) is 1. The molecule has 0 saturated carbocycles. The molecule has 4 heterocycles. The molecule has 1 N–H and O–H groups in total. The molecule has 6 nitrogen and oxygen atoms in total. The summed E-state index contributed by atoms with van der Waals surface area (Å²) < 4.78 is 13.0. The molecule has 3 saturated heterocycles. The summed E-state index contributed by atoms with van der Waals surface area (Å²) in [5.41, 5.74) is 2.47. The van der Waals surface area contributed by atoms with E-state index in [1.807, 2.05) is 60.7 Å². The number of quaternary nitrogens is 1. The van der Waals surface area contributed by atoms with Gasteiger partial charge in [-0.3, -0.25) is 5.32 Å². The first-order valence-corrected chi connectivity index (χ1v) is 13.1. The van der Waals surface area contributed by atoms with Gasteiger partial charge in [0.15, 0.2) is 5.82 Å². The average Bonchev–Trinajstić information content (AvgIpc) is 3.34. The molecule has 0 aliphatic carbocycles. The lowest BCUT2D eigenvalue weighted by molar-refractivity contribution is -0.944. The van der Waals surface area contributed by atoms with Gasteiger partial charge in [0.2, 0.25) is 0 Å². The van der Waals surface area contributed by atoms with E-state index in [1.54, 1.807) is 5.51 Å². The smallest absolute Gasteiger partial charge is 0.413 e. The van der Waals surface area contributed by atoms with Crippen LogP contribution in [0.4, 0.5) is 10.6 Å². The molecule has 3 aliphatic rings. The standard InChI is InChI=1S/C27H31N3O3S/c31-26(29-25-24(34-21-28-25)22-9-3-1-4-10-22)33-27-13-17-30(18-14-27,19-15-27)16-7-8-20-32-23-11-5-2-6-12-23/h1-6,9-12,21H,7-8,13-20H2/p+1. The Balaban J connectivity index is 1.08. The Hall–Kier alpha value is -2.90. The number of rotatable bonds is 9. The van der Waals surface area contributed by atoms with E-state index in [4.69, 9.17) is 9.47 Å². The Bertz CT molecular complexity index is 1060. The monoisotopic (exact) mass is 478 g/mol. The van der Waals surface area contributed by atoms with Crippen molar-refractivity contribution >= 4 is 23.2 Å². The summed E-state index contributed by atoms with van der Waals surface area (Å²) in [5, 5.41) is 2.90. The molecule has 7 heteroatoms. The molecule has 1 aromatic heterocycles. The van der Waals surface area contributed by atoms with E-state index in [1.165, 1.54) is 17.9 Å². The maximum atomic E-state index is 12.8. The molecule has 1 amide bonds. The summed E-state index contributed by atoms with van der Waals surface area (Å²) in [4.78, 5) is 18.1. The Morgan fingerprint density at radius 2 is 1.65 bits per heavy atom. The summed E-state index contributed by atoms with van der Waals surface area (Å²) >= 11 is 1.52. The highest BCUT2D eigenvalue weighted by Gasteiger charge is 2.51. The molecule has 6 rings (SSSR count). The maximum Gasteiger partial charge on any atom is 0.413 e. The largest absolute Gasteiger partial charge is 0.494 e. The Morgan fingerprint density at radius 3 is 2.35 bits per heavy atom. The number of carbonyl (C=O) groups is 1. The van der Waals surface area contributed by atoms with Crippen LogP contribution in [0.5, 0.6) is 5.75 Å². The number of piperidine rings is 3. The van der Waals surface area contributed by atoms with E-state index in [0.717, 1.165) is 79.0 Å². The number of hydrogen-bond donors (Lipinski definition) is 1. The number of anilines is 1. The van der Waals surface area contributed by atoms with Crippen LogP contribution in [0.25, 0.3) is 10.4 Å². The van der Waals surface area contributed by atoms with Gasteiger partial charge in [0, 0.05) is 19.3 Å². The fraction of sp³-hybridized carbons (Fsp3) is 0.407. The molecular formula is C27H32N3O3S+. The van der Waals surface area contributed by atoms with Crippen LogP contribution < -0.4 is 10.1 Å². The highest BCUT2D eigenvalue weighted by molar-refractivity contribution is 7.13. The van der Waals surface area contributed by atoms with E-state index < -0.39 is 0 Å². The van der Waals surface area contributed by atoms with Crippen LogP contribution in [-0.2, 0) is 4.74 Å². The number of aromatic nitrogens is 1. The average molecular weight is 479 g/mol. The van der Waals surface area contributed by atoms with Gasteiger partial charge in [0.1, 0.15) is 11.4 Å². The third-order valence-corrected chi connectivity index (χ3v) is 8.17. The molecule has 0 spiro atoms. The molecular weight excluding hydrogens is 446 g/mol. The van der Waals surface area contributed by atoms with Gasteiger partial charge in [-0.1, -0.05) is 48.5 Å². The quantitative estimate of drug-likeness (QED) is 0.304. The van der Waals surface area contributed by atoms with Crippen LogP contribution in [-0.4, -0.2) is 53.9 Å². The summed E-state index contributed by atoms with van der Waals surface area (Å²) in [6.07, 6.45) is 4.64. The SMILES string of the molecule is O=C(Nc1ncsc1-c1ccccc1)OC12CC[N+](CCCCOc3ccccc3)(CC1)CC2. The predicted molar refractivity (Wildman–Crippen MR) is 135 cm³/mol. The molecule has 0 atom stereocenters. The maximum absolute atomic E-state index is 12.8. The van der Waals surface area contributed by atoms with Crippen LogP contribution in [0.2, 0.25) is 0 Å². The molecule has 3 aromatic rings. The van der Waals surface area contributed by atoms with Crippen molar-refractivity contribution in [3.05, 3.63) is 66.2 Å². The van der Waals surface area contributed by atoms with Crippen molar-refractivity contribution < 1.29 is 18.8 Å². The van der Waals surface area contributed by atoms with Crippen molar-refractivity contribution in [3.63, 3.8) is 0 Å². The fourth-order valence-corrected chi connectivity index (χ4v) is 5.98. The van der Waals surface area contributed by atoms with Gasteiger partial charge in [-0.05, 0) is 30.5 Å². The second-order valence-corrected chi connectivity index (χ2v) is 10.3. The van der Waals surface area contributed by atoms with Crippen molar-refractivity contribution in [3.8, 4) is 16.2 Å². The third-order valence-electron chi connectivity index (χ3n) is 7.30. The number of carbonyl (C=O) groups excluding carboxylic acids is 1. The molecule has 34 heavy (non-hydrogen) atoms. The van der Waals surface area contributed by atoms with Crippen LogP contribution in [0.3, 0.4) is 0 Å². The van der Waals surface area contributed by atoms with Gasteiger partial charge in [-0.25, -0.2) is 9.78 Å². The molecule has 2 aromatic carbocycles. The number of nitrogens with one attached hydrogen (secondary N) is 1. The van der Waals surface area contributed by atoms with Gasteiger partial charge in [-0.15, -0.1) is 11.3 Å². The number of hydrogen-bond acceptors (Lipinski definition) is 5. The van der Waals surface area contributed by atoms with Gasteiger partial charge >= 0.3 is 6.09 Å². The van der Waals surface area contributed by atoms with Gasteiger partial charge in [0.05, 0.1) is 43.2 Å². The molecule has 3 aliphatic heterocycles. The Morgan fingerprint density at radius 1 is 0.971 bits per heavy atom. The zero-order chi connectivity index (χ0) is 23.3. The highest BCUT2D eigenvalue weighted by atomic mass is 32.1. The lowest BCUT2D eigenvalue weighted by Gasteiger charge is -2.54. The van der Waals surface area contributed by atoms with Gasteiger partial charge in [0.25, 0.3) is 0 Å². The van der Waals surface area contributed by atoms with Crippen molar-refractivity contribution in [1.29, 1.82) is 0 Å². The Labute approximate surface area is 205 Å². The van der Waals surface area contributed by atoms with Crippen molar-refractivity contribution in [2.45, 2.75) is 37.7 Å². The molecule has 2 bridgehead atoms. The van der Waals surface area contributed by atoms with Crippen molar-refractivity contribution in [1.82, 2.24) is 4.98 Å². The molecule has 3 fully saturated rings. The summed E-state index contributed by atoms with van der Waals surface area (Å²) in [6, 6.07) is 20.0. The number of ether oxygens (including phenoxy) is 2. The minimum Gasteiger partial charge on any atom is -0.494 e. The topological polar surface area (TPSA) is 60.5 Å². The van der Waals surface area contributed by atoms with E-state index in [2.05, 4.69) is 10.3 Å². The number of para-hydroxylation sites is 1. The van der Waals surface area contributed by atoms with Crippen molar-refractivity contribution in [2.75, 3.05) is 38.1 Å². The number of benzene rings is 2. The van der Waals surface area contributed by atoms with E-state index in [-0.39, 0.29) is 11.7 Å². The first-order chi connectivity index (χ1) is 16.7. The second-order valence-electron chi connectivity index (χ2n) is 9.45. The summed E-state index contributed by atoms with van der Waals surface area (Å²) in [5.74, 6) is 1.52. The lowest BCUT2D eigenvalue weighted by Crippen LogP contribution is -2.65. The number of thiazole rings is 1. The minimum absolute atomic E-state index is 0.330. The number of amides is 1. The van der Waals surface area contributed by atoms with E-state index >= 15 is 0 Å². The molecule has 178 valence electrons. The number of fused-ring (bicyclic) bond motifs is 3. The second kappa shape index (κ2) is 10.2. The van der Waals surface area contributed by atoms with Crippen molar-refractivity contribution in [2.24, 2.45) is 0 Å². The predicted octanol–water partition coefficient (Wildman–Crippen LogP) is 5.97. The van der Waals surface area contributed by atoms with E-state index in [0.29, 0.717) is 5.82 Å². The normalized spacial score (nSPS) is 23.4. The van der Waals surface area contributed by atoms with Gasteiger partial charge in [-0.2, -0.15) is 0 Å². The zero-order valence-corrected chi connectivity index (χ0v) is 20.3. The van der Waals surface area contributed by atoms with Gasteiger partial charge < -0.3 is 14.0 Å². The lowest BCUT2D eigenvalue weighted by atomic mass is 9.80. The minimum atomic E-state index is -0.386. The first-order valence-electron chi connectivity index (χ1n) is 12.2. The van der Waals surface area contributed by atoms with Crippen LogP contribution in [0.15, 0.2) is 66.2 Å². The Kier molecular flexibility index (Phi) is 6.83.